The first-order chi connectivity index (χ1) is 8.63. The van der Waals surface area contributed by atoms with Gasteiger partial charge in [0.15, 0.2) is 11.5 Å². The lowest BCUT2D eigenvalue weighted by atomic mass is 10.1. The van der Waals surface area contributed by atoms with Crippen LogP contribution in [0.25, 0.3) is 11.2 Å². The van der Waals surface area contributed by atoms with Crippen molar-refractivity contribution in [3.05, 3.63) is 12.7 Å². The number of nitrogens with one attached hydrogen (secondary N) is 1. The third kappa shape index (κ3) is 2.17. The molecule has 0 aliphatic heterocycles. The highest BCUT2D eigenvalue weighted by molar-refractivity contribution is 5.84. The Bertz CT molecular complexity index is 564. The highest BCUT2D eigenvalue weighted by Gasteiger charge is 2.15. The fourth-order valence-electron chi connectivity index (χ4n) is 1.73. The topological polar surface area (TPSA) is 116 Å². The van der Waals surface area contributed by atoms with E-state index in [0.29, 0.717) is 12.2 Å². The van der Waals surface area contributed by atoms with E-state index in [2.05, 4.69) is 25.1 Å². The van der Waals surface area contributed by atoms with Gasteiger partial charge in [-0.15, -0.1) is 0 Å². The van der Waals surface area contributed by atoms with Crippen molar-refractivity contribution in [2.24, 2.45) is 16.8 Å². The van der Waals surface area contributed by atoms with Gasteiger partial charge in [0.1, 0.15) is 17.7 Å². The molecule has 2 rings (SSSR count). The van der Waals surface area contributed by atoms with Crippen LogP contribution < -0.4 is 10.6 Å². The quantitative estimate of drug-likeness (QED) is 0.308. The zero-order valence-electron chi connectivity index (χ0n) is 10.2. The first-order valence-corrected chi connectivity index (χ1v) is 5.46. The van der Waals surface area contributed by atoms with E-state index in [1.807, 2.05) is 18.9 Å². The summed E-state index contributed by atoms with van der Waals surface area (Å²) in [4.78, 5) is 17.2. The molecule has 2 heterocycles. The number of nitrogens with zero attached hydrogens (tertiary/aromatic N) is 5. The second-order valence-electron chi connectivity index (χ2n) is 4.10. The molecule has 1 unspecified atom stereocenters. The standard InChI is InChI=1S/C10H15N7O/c1-6(8(11)16-18)3-17(2)10-7-9(13-4-12-7)14-5-15-10/h4-6,18H,3H2,1-2H3,(H2,11,16)(H,12,13,14,15). The Morgan fingerprint density at radius 2 is 2.33 bits per heavy atom. The second kappa shape index (κ2) is 4.86. The van der Waals surface area contributed by atoms with E-state index >= 15 is 0 Å². The van der Waals surface area contributed by atoms with Crippen molar-refractivity contribution >= 4 is 22.8 Å². The Labute approximate surface area is 104 Å². The average molecular weight is 249 g/mol. The van der Waals surface area contributed by atoms with Gasteiger partial charge in [-0.05, 0) is 0 Å². The number of hydrogen-bond acceptors (Lipinski definition) is 6. The average Bonchev–Trinajstić information content (AvgIpc) is 2.85. The van der Waals surface area contributed by atoms with Gasteiger partial charge in [0.05, 0.1) is 6.33 Å². The van der Waals surface area contributed by atoms with E-state index in [9.17, 15) is 0 Å². The monoisotopic (exact) mass is 249 g/mol. The van der Waals surface area contributed by atoms with Gasteiger partial charge >= 0.3 is 0 Å². The summed E-state index contributed by atoms with van der Waals surface area (Å²) in [7, 11) is 1.88. The molecule has 0 spiro atoms. The van der Waals surface area contributed by atoms with Gasteiger partial charge in [-0.2, -0.15) is 0 Å². The number of imidazole rings is 1. The molecule has 0 aromatic carbocycles. The van der Waals surface area contributed by atoms with Crippen LogP contribution in [0.5, 0.6) is 0 Å². The molecule has 1 atom stereocenters. The van der Waals surface area contributed by atoms with Crippen molar-refractivity contribution in [3.63, 3.8) is 0 Å². The van der Waals surface area contributed by atoms with Gasteiger partial charge in [0, 0.05) is 19.5 Å². The molecule has 8 nitrogen and oxygen atoms in total. The van der Waals surface area contributed by atoms with Crippen molar-refractivity contribution in [3.8, 4) is 0 Å². The van der Waals surface area contributed by atoms with Crippen LogP contribution in [0.15, 0.2) is 17.8 Å². The Morgan fingerprint density at radius 1 is 1.56 bits per heavy atom. The zero-order chi connectivity index (χ0) is 13.1. The molecule has 0 radical (unpaired) electrons. The predicted molar refractivity (Wildman–Crippen MR) is 67.5 cm³/mol. The molecule has 0 aliphatic carbocycles. The molecular weight excluding hydrogens is 234 g/mol. The smallest absolute Gasteiger partial charge is 0.182 e. The van der Waals surface area contributed by atoms with Gasteiger partial charge in [0.2, 0.25) is 0 Å². The molecule has 0 saturated heterocycles. The van der Waals surface area contributed by atoms with E-state index in [0.717, 1.165) is 11.3 Å². The number of rotatable bonds is 4. The predicted octanol–water partition coefficient (Wildman–Crippen LogP) is 0.172. The highest BCUT2D eigenvalue weighted by atomic mass is 16.4. The van der Waals surface area contributed by atoms with Gasteiger partial charge in [0.25, 0.3) is 0 Å². The molecule has 2 aromatic rings. The first kappa shape index (κ1) is 12.1. The number of aromatic amines is 1. The molecule has 2 aromatic heterocycles. The fraction of sp³-hybridized carbons (Fsp3) is 0.400. The summed E-state index contributed by atoms with van der Waals surface area (Å²) in [5.74, 6) is 0.833. The lowest BCUT2D eigenvalue weighted by Gasteiger charge is -2.21. The second-order valence-corrected chi connectivity index (χ2v) is 4.10. The van der Waals surface area contributed by atoms with Gasteiger partial charge < -0.3 is 20.8 Å². The third-order valence-corrected chi connectivity index (χ3v) is 2.73. The van der Waals surface area contributed by atoms with Crippen LogP contribution in [-0.2, 0) is 0 Å². The Kier molecular flexibility index (Phi) is 3.26. The van der Waals surface area contributed by atoms with Gasteiger partial charge in [-0.3, -0.25) is 0 Å². The van der Waals surface area contributed by atoms with Crippen molar-refractivity contribution in [1.29, 1.82) is 0 Å². The van der Waals surface area contributed by atoms with E-state index in [4.69, 9.17) is 10.9 Å². The molecule has 0 amide bonds. The lowest BCUT2D eigenvalue weighted by Crippen LogP contribution is -2.33. The van der Waals surface area contributed by atoms with Gasteiger partial charge in [-0.1, -0.05) is 12.1 Å². The van der Waals surface area contributed by atoms with Crippen LogP contribution in [-0.4, -0.2) is 44.6 Å². The number of oxime groups is 1. The molecule has 0 bridgehead atoms. The van der Waals surface area contributed by atoms with Crippen molar-refractivity contribution < 1.29 is 5.21 Å². The Balaban J connectivity index is 2.23. The summed E-state index contributed by atoms with van der Waals surface area (Å²) < 4.78 is 0. The summed E-state index contributed by atoms with van der Waals surface area (Å²) in [6.07, 6.45) is 3.03. The molecule has 96 valence electrons. The van der Waals surface area contributed by atoms with Crippen LogP contribution in [0.3, 0.4) is 0 Å². The normalized spacial score (nSPS) is 13.8. The van der Waals surface area contributed by atoms with Crippen LogP contribution in [0.4, 0.5) is 5.82 Å². The molecule has 0 saturated carbocycles. The van der Waals surface area contributed by atoms with E-state index in [1.165, 1.54) is 6.33 Å². The summed E-state index contributed by atoms with van der Waals surface area (Å²) in [5, 5.41) is 11.6. The molecule has 18 heavy (non-hydrogen) atoms. The molecule has 8 heteroatoms. The van der Waals surface area contributed by atoms with Crippen molar-refractivity contribution in [2.45, 2.75) is 6.92 Å². The number of hydrogen-bond donors (Lipinski definition) is 3. The maximum absolute atomic E-state index is 8.63. The minimum atomic E-state index is -0.0899. The molecular formula is C10H15N7O. The van der Waals surface area contributed by atoms with Crippen molar-refractivity contribution in [2.75, 3.05) is 18.5 Å². The number of anilines is 1. The number of H-pyrrole nitrogens is 1. The number of nitrogens with two attached hydrogens (primary N) is 1. The van der Waals surface area contributed by atoms with Gasteiger partial charge in [-0.25, -0.2) is 15.0 Å². The lowest BCUT2D eigenvalue weighted by molar-refractivity contribution is 0.314. The molecule has 0 aliphatic rings. The van der Waals surface area contributed by atoms with E-state index in [-0.39, 0.29) is 11.8 Å². The van der Waals surface area contributed by atoms with E-state index < -0.39 is 0 Å². The first-order valence-electron chi connectivity index (χ1n) is 5.46. The summed E-state index contributed by atoms with van der Waals surface area (Å²) >= 11 is 0. The number of amidine groups is 1. The highest BCUT2D eigenvalue weighted by Crippen LogP contribution is 2.18. The number of fused-ring (bicyclic) bond motifs is 1. The maximum Gasteiger partial charge on any atom is 0.182 e. The number of aromatic nitrogens is 4. The summed E-state index contributed by atoms with van der Waals surface area (Å²) in [5.41, 5.74) is 6.94. The largest absolute Gasteiger partial charge is 0.409 e. The summed E-state index contributed by atoms with van der Waals surface area (Å²) in [6, 6.07) is 0. The third-order valence-electron chi connectivity index (χ3n) is 2.73. The SMILES string of the molecule is CC(CN(C)c1ncnc2nc[nH]c12)/C(N)=N/O. The maximum atomic E-state index is 8.63. The molecule has 4 N–H and O–H groups in total. The minimum absolute atomic E-state index is 0.0899. The zero-order valence-corrected chi connectivity index (χ0v) is 10.2. The molecule has 0 fully saturated rings. The van der Waals surface area contributed by atoms with Crippen molar-refractivity contribution in [1.82, 2.24) is 19.9 Å². The van der Waals surface area contributed by atoms with Crippen LogP contribution in [0.2, 0.25) is 0 Å². The fourth-order valence-corrected chi connectivity index (χ4v) is 1.73. The van der Waals surface area contributed by atoms with Crippen LogP contribution in [0, 0.1) is 5.92 Å². The summed E-state index contributed by atoms with van der Waals surface area (Å²) in [6.45, 7) is 2.44. The van der Waals surface area contributed by atoms with Crippen LogP contribution in [0.1, 0.15) is 6.92 Å². The Morgan fingerprint density at radius 3 is 3.06 bits per heavy atom. The Hall–Kier alpha value is -2.38. The van der Waals surface area contributed by atoms with E-state index in [1.54, 1.807) is 6.33 Å². The minimum Gasteiger partial charge on any atom is -0.409 e. The van der Waals surface area contributed by atoms with Crippen LogP contribution >= 0.6 is 0 Å².